The highest BCUT2D eigenvalue weighted by molar-refractivity contribution is 6.14. The van der Waals surface area contributed by atoms with Gasteiger partial charge in [0.1, 0.15) is 29.6 Å². The first-order valence-corrected chi connectivity index (χ1v) is 20.7. The van der Waals surface area contributed by atoms with E-state index in [-0.39, 0.29) is 59.5 Å². The van der Waals surface area contributed by atoms with E-state index in [9.17, 15) is 29.1 Å². The number of furan rings is 2. The molecule has 4 aliphatic rings. The van der Waals surface area contributed by atoms with Crippen LogP contribution in [0.5, 0.6) is 0 Å². The number of likely N-dealkylation sites (tertiary alicyclic amines) is 2. The van der Waals surface area contributed by atoms with Crippen LogP contribution in [0.1, 0.15) is 103 Å². The first-order valence-electron chi connectivity index (χ1n) is 20.7. The number of nitrogens with zero attached hydrogens (tertiary/aromatic N) is 4. The molecule has 1 aromatic carbocycles. The van der Waals surface area contributed by atoms with Gasteiger partial charge in [0.25, 0.3) is 0 Å². The summed E-state index contributed by atoms with van der Waals surface area (Å²) in [5, 5.41) is 13.6. The summed E-state index contributed by atoms with van der Waals surface area (Å²) < 4.78 is 17.4. The number of amides is 3. The van der Waals surface area contributed by atoms with Crippen molar-refractivity contribution in [2.75, 3.05) is 26.8 Å². The third-order valence-corrected chi connectivity index (χ3v) is 12.6. The molecule has 4 atom stereocenters. The molecule has 59 heavy (non-hydrogen) atoms. The van der Waals surface area contributed by atoms with Crippen molar-refractivity contribution in [1.29, 1.82) is 0 Å². The number of methoxy groups -OCH3 is 1. The van der Waals surface area contributed by atoms with Crippen LogP contribution in [0.2, 0.25) is 0 Å². The maximum absolute atomic E-state index is 13.7. The number of fused-ring (bicyclic) bond motifs is 2. The highest BCUT2D eigenvalue weighted by Gasteiger charge is 2.42. The predicted octanol–water partition coefficient (Wildman–Crippen LogP) is 6.68. The molecule has 2 saturated heterocycles. The van der Waals surface area contributed by atoms with E-state index in [4.69, 9.17) is 18.6 Å². The third-order valence-electron chi connectivity index (χ3n) is 12.6. The Hall–Kier alpha value is -5.37. The molecule has 3 amide bonds. The Bertz CT molecular complexity index is 2260. The Balaban J connectivity index is 1.00. The first kappa shape index (κ1) is 41.8. The molecule has 314 valence electrons. The van der Waals surface area contributed by atoms with Gasteiger partial charge in [-0.1, -0.05) is 27.7 Å². The Kier molecular flexibility index (Phi) is 11.8. The van der Waals surface area contributed by atoms with Gasteiger partial charge in [-0.2, -0.15) is 0 Å². The van der Waals surface area contributed by atoms with Gasteiger partial charge in [-0.25, -0.2) is 4.79 Å². The molecule has 0 saturated carbocycles. The van der Waals surface area contributed by atoms with Crippen molar-refractivity contribution >= 4 is 62.8 Å². The summed E-state index contributed by atoms with van der Waals surface area (Å²) in [7, 11) is 1.28. The van der Waals surface area contributed by atoms with Gasteiger partial charge in [0.2, 0.25) is 17.6 Å². The molecule has 0 radical (unpaired) electrons. The number of ketones is 2. The number of ether oxygens (including phenoxy) is 1. The second kappa shape index (κ2) is 16.7. The average Bonchev–Trinajstić information content (AvgIpc) is 4.05. The molecule has 6 heterocycles. The van der Waals surface area contributed by atoms with Gasteiger partial charge < -0.3 is 33.8 Å². The van der Waals surface area contributed by atoms with E-state index in [1.54, 1.807) is 23.2 Å². The topological polar surface area (TPSA) is 184 Å². The molecule has 3 aromatic rings. The molecule has 14 nitrogen and oxygen atoms in total. The quantitative estimate of drug-likeness (QED) is 0.168. The van der Waals surface area contributed by atoms with E-state index in [2.05, 4.69) is 24.2 Å². The van der Waals surface area contributed by atoms with Crippen LogP contribution in [0.15, 0.2) is 66.6 Å². The van der Waals surface area contributed by atoms with E-state index in [1.165, 1.54) is 7.11 Å². The average molecular weight is 810 g/mol. The van der Waals surface area contributed by atoms with Crippen molar-refractivity contribution in [3.63, 3.8) is 0 Å². The van der Waals surface area contributed by atoms with Crippen LogP contribution in [0.3, 0.4) is 0 Å². The molecule has 2 N–H and O–H groups in total. The summed E-state index contributed by atoms with van der Waals surface area (Å²) in [4.78, 5) is 78.2. The fraction of sp³-hybridized carbons (Fsp3) is 0.533. The highest BCUT2D eigenvalue weighted by atomic mass is 16.5. The molecular formula is C45H55N5O9. The van der Waals surface area contributed by atoms with Gasteiger partial charge in [0, 0.05) is 89.9 Å². The zero-order chi connectivity index (χ0) is 42.3. The van der Waals surface area contributed by atoms with Gasteiger partial charge in [0.05, 0.1) is 19.2 Å². The predicted molar refractivity (Wildman–Crippen MR) is 222 cm³/mol. The summed E-state index contributed by atoms with van der Waals surface area (Å²) in [5.41, 5.74) is 3.82. The molecule has 0 bridgehead atoms. The van der Waals surface area contributed by atoms with Crippen molar-refractivity contribution in [1.82, 2.24) is 15.1 Å². The lowest BCUT2D eigenvalue weighted by Gasteiger charge is -2.31. The second-order valence-corrected chi connectivity index (χ2v) is 17.5. The lowest BCUT2D eigenvalue weighted by molar-refractivity contribution is -0.140. The molecule has 14 heteroatoms. The molecule has 0 spiro atoms. The smallest absolute Gasteiger partial charge is 0.407 e. The lowest BCUT2D eigenvalue weighted by atomic mass is 9.79. The number of hydrogen-bond acceptors (Lipinski definition) is 11. The minimum atomic E-state index is -0.700. The maximum atomic E-state index is 13.7. The summed E-state index contributed by atoms with van der Waals surface area (Å²) in [6.07, 6.45) is 6.88. The lowest BCUT2D eigenvalue weighted by Crippen LogP contribution is -2.53. The number of carbonyl (C=O) groups excluding carboxylic acids is 5. The van der Waals surface area contributed by atoms with Gasteiger partial charge in [0.15, 0.2) is 11.5 Å². The van der Waals surface area contributed by atoms with Crippen LogP contribution in [-0.4, -0.2) is 101 Å². The van der Waals surface area contributed by atoms with E-state index in [0.29, 0.717) is 42.7 Å². The van der Waals surface area contributed by atoms with Crippen LogP contribution in [0, 0.1) is 17.8 Å². The van der Waals surface area contributed by atoms with Crippen molar-refractivity contribution in [2.45, 2.75) is 110 Å². The number of benzene rings is 1. The van der Waals surface area contributed by atoms with Crippen LogP contribution >= 0.6 is 0 Å². The van der Waals surface area contributed by atoms with E-state index in [1.807, 2.05) is 50.9 Å². The third kappa shape index (κ3) is 8.15. The molecular weight excluding hydrogens is 755 g/mol. The number of aliphatic hydroxyl groups is 1. The van der Waals surface area contributed by atoms with E-state index in [0.717, 1.165) is 59.2 Å². The Morgan fingerprint density at radius 3 is 2.12 bits per heavy atom. The number of nitrogens with one attached hydrogen (secondary N) is 1. The number of hydrogen-bond donors (Lipinski definition) is 2. The molecule has 0 aliphatic carbocycles. The Morgan fingerprint density at radius 1 is 0.847 bits per heavy atom. The maximum Gasteiger partial charge on any atom is 0.407 e. The SMILES string of the molecule is COC(=O)N[C@H](C(=O)N1CCCC1C1=NC=C(C(C)(C)c2cc3cc4cc(C(=O)C5=CN=C(C6CCCN6C(=O)C(CC(=O)CO)C(C)C)C5)oc4cc3o2)C1)C(C)C. The van der Waals surface area contributed by atoms with E-state index < -0.39 is 30.1 Å². The van der Waals surface area contributed by atoms with Crippen molar-refractivity contribution in [3.8, 4) is 0 Å². The summed E-state index contributed by atoms with van der Waals surface area (Å²) >= 11 is 0. The van der Waals surface area contributed by atoms with Crippen LogP contribution in [-0.2, 0) is 24.5 Å². The van der Waals surface area contributed by atoms with Crippen molar-refractivity contribution in [3.05, 3.63) is 59.3 Å². The van der Waals surface area contributed by atoms with Gasteiger partial charge in [-0.3, -0.25) is 29.2 Å². The fourth-order valence-electron chi connectivity index (χ4n) is 8.90. The number of carbonyl (C=O) groups is 5. The number of Topliss-reactive ketones (excluding diaryl/α,β-unsaturated/α-hetero) is 2. The zero-order valence-electron chi connectivity index (χ0n) is 35.0. The largest absolute Gasteiger partial charge is 0.460 e. The standard InChI is InChI=1S/C45H55N5O9/c1-24(2)31(19-30(52)23-51)42(54)49-12-8-10-34(49)32-15-28(21-46-32)41(53)38-16-26-14-27-17-39(59-37(27)20-36(26)58-38)45(5,6)29-18-33(47-22-29)35-11-9-13-50(35)43(55)40(25(3)4)48-44(56)57-7/h14,16-17,20-22,24-25,31,34-35,40,51H,8-13,15,18-19,23H2,1-7H3,(H,48,56)/t31?,34?,35?,40-/m0/s1. The Morgan fingerprint density at radius 2 is 1.47 bits per heavy atom. The number of allylic oxidation sites excluding steroid dienone is 2. The van der Waals surface area contributed by atoms with E-state index >= 15 is 0 Å². The summed E-state index contributed by atoms with van der Waals surface area (Å²) in [5.74, 6) is -0.651. The normalized spacial score (nSPS) is 20.6. The minimum Gasteiger partial charge on any atom is -0.460 e. The van der Waals surface area contributed by atoms with Gasteiger partial charge >= 0.3 is 6.09 Å². The number of aliphatic hydroxyl groups excluding tert-OH is 1. The van der Waals surface area contributed by atoms with Crippen LogP contribution in [0.25, 0.3) is 21.9 Å². The fourth-order valence-corrected chi connectivity index (χ4v) is 8.90. The number of alkyl carbamates (subject to hydrolysis) is 1. The zero-order valence-corrected chi connectivity index (χ0v) is 35.0. The van der Waals surface area contributed by atoms with Gasteiger partial charge in [-0.15, -0.1) is 0 Å². The first-order chi connectivity index (χ1) is 28.1. The molecule has 2 aromatic heterocycles. The molecule has 7 rings (SSSR count). The monoisotopic (exact) mass is 809 g/mol. The van der Waals surface area contributed by atoms with Crippen LogP contribution in [0.4, 0.5) is 4.79 Å². The molecule has 4 aliphatic heterocycles. The molecule has 3 unspecified atom stereocenters. The van der Waals surface area contributed by atoms with Gasteiger partial charge in [-0.05, 0) is 75.1 Å². The molecule has 2 fully saturated rings. The minimum absolute atomic E-state index is 0.00244. The number of aliphatic imine (C=N–C) groups is 2. The summed E-state index contributed by atoms with van der Waals surface area (Å²) in [6.45, 7) is 12.4. The second-order valence-electron chi connectivity index (χ2n) is 17.5. The highest BCUT2D eigenvalue weighted by Crippen LogP contribution is 2.41. The summed E-state index contributed by atoms with van der Waals surface area (Å²) in [6, 6.07) is 6.39. The van der Waals surface area contributed by atoms with Crippen molar-refractivity contribution in [2.24, 2.45) is 27.7 Å². The van der Waals surface area contributed by atoms with Crippen LogP contribution < -0.4 is 5.32 Å². The Labute approximate surface area is 343 Å². The van der Waals surface area contributed by atoms with Crippen molar-refractivity contribution < 1.29 is 42.7 Å². The number of rotatable bonds is 14.